The van der Waals surface area contributed by atoms with Gasteiger partial charge in [-0.25, -0.2) is 0 Å². The van der Waals surface area contributed by atoms with Gasteiger partial charge in [-0.3, -0.25) is 4.79 Å². The molecule has 2 fully saturated rings. The standard InChI is InChI=1S/C17H28O/c1-5-13-15-8-6-7-12(4)14(15)9-10-16(13)17(18)11(2)3/h12-16H,2,5-10H2,1,3-4H3. The quantitative estimate of drug-likeness (QED) is 0.666. The fraction of sp³-hybridized carbons (Fsp3) is 0.824. The van der Waals surface area contributed by atoms with E-state index in [4.69, 9.17) is 0 Å². The average Bonchev–Trinajstić information content (AvgIpc) is 2.36. The summed E-state index contributed by atoms with van der Waals surface area (Å²) in [6.45, 7) is 10.4. The Morgan fingerprint density at radius 1 is 1.17 bits per heavy atom. The van der Waals surface area contributed by atoms with Gasteiger partial charge in [0.1, 0.15) is 0 Å². The number of carbonyl (C=O) groups excluding carboxylic acids is 1. The van der Waals surface area contributed by atoms with Crippen LogP contribution < -0.4 is 0 Å². The van der Waals surface area contributed by atoms with E-state index in [2.05, 4.69) is 20.4 Å². The van der Waals surface area contributed by atoms with E-state index in [1.54, 1.807) is 0 Å². The van der Waals surface area contributed by atoms with E-state index in [1.807, 2.05) is 6.92 Å². The molecule has 0 amide bonds. The summed E-state index contributed by atoms with van der Waals surface area (Å²) in [5.41, 5.74) is 0.765. The molecule has 1 heteroatoms. The van der Waals surface area contributed by atoms with Crippen LogP contribution in [-0.4, -0.2) is 5.78 Å². The molecule has 2 saturated carbocycles. The number of fused-ring (bicyclic) bond motifs is 1. The molecule has 2 rings (SSSR count). The summed E-state index contributed by atoms with van der Waals surface area (Å²) in [5, 5.41) is 0. The smallest absolute Gasteiger partial charge is 0.161 e. The molecule has 1 nitrogen and oxygen atoms in total. The van der Waals surface area contributed by atoms with Crippen LogP contribution >= 0.6 is 0 Å². The van der Waals surface area contributed by atoms with Crippen molar-refractivity contribution in [3.05, 3.63) is 12.2 Å². The third-order valence-electron chi connectivity index (χ3n) is 5.58. The van der Waals surface area contributed by atoms with Crippen molar-refractivity contribution in [1.29, 1.82) is 0 Å². The Balaban J connectivity index is 2.17. The Morgan fingerprint density at radius 2 is 1.89 bits per heavy atom. The molecule has 18 heavy (non-hydrogen) atoms. The molecule has 2 aliphatic rings. The number of hydrogen-bond acceptors (Lipinski definition) is 1. The molecule has 0 aromatic rings. The van der Waals surface area contributed by atoms with Crippen LogP contribution in [0.4, 0.5) is 0 Å². The lowest BCUT2D eigenvalue weighted by Gasteiger charge is -2.47. The molecular formula is C17H28O. The molecule has 0 aromatic heterocycles. The van der Waals surface area contributed by atoms with Crippen LogP contribution in [0.3, 0.4) is 0 Å². The van der Waals surface area contributed by atoms with Crippen LogP contribution in [0.2, 0.25) is 0 Å². The van der Waals surface area contributed by atoms with Crippen LogP contribution in [0, 0.1) is 29.6 Å². The minimum atomic E-state index is 0.277. The topological polar surface area (TPSA) is 17.1 Å². The molecule has 102 valence electrons. The van der Waals surface area contributed by atoms with Gasteiger partial charge in [0.05, 0.1) is 0 Å². The predicted molar refractivity (Wildman–Crippen MR) is 76.3 cm³/mol. The molecule has 0 spiro atoms. The highest BCUT2D eigenvalue weighted by Gasteiger charge is 2.44. The lowest BCUT2D eigenvalue weighted by atomic mass is 9.57. The summed E-state index contributed by atoms with van der Waals surface area (Å²) >= 11 is 0. The van der Waals surface area contributed by atoms with Crippen LogP contribution in [0.15, 0.2) is 12.2 Å². The zero-order chi connectivity index (χ0) is 13.3. The summed E-state index contributed by atoms with van der Waals surface area (Å²) in [7, 11) is 0. The lowest BCUT2D eigenvalue weighted by Crippen LogP contribution is -2.42. The Labute approximate surface area is 112 Å². The average molecular weight is 248 g/mol. The Kier molecular flexibility index (Phi) is 4.29. The largest absolute Gasteiger partial charge is 0.294 e. The second-order valence-electron chi connectivity index (χ2n) is 6.64. The van der Waals surface area contributed by atoms with Crippen LogP contribution in [0.1, 0.15) is 59.3 Å². The summed E-state index contributed by atoms with van der Waals surface area (Å²) < 4.78 is 0. The molecule has 0 aliphatic heterocycles. The first kappa shape index (κ1) is 13.8. The fourth-order valence-electron chi connectivity index (χ4n) is 4.67. The zero-order valence-electron chi connectivity index (χ0n) is 12.2. The molecule has 0 aromatic carbocycles. The van der Waals surface area contributed by atoms with Gasteiger partial charge in [0.2, 0.25) is 0 Å². The number of rotatable bonds is 3. The number of hydrogen-bond donors (Lipinski definition) is 0. The first-order valence-electron chi connectivity index (χ1n) is 7.76. The maximum atomic E-state index is 12.3. The van der Waals surface area contributed by atoms with Crippen molar-refractivity contribution >= 4 is 5.78 Å². The second kappa shape index (κ2) is 5.59. The summed E-state index contributed by atoms with van der Waals surface area (Å²) in [6.07, 6.45) is 7.66. The maximum absolute atomic E-state index is 12.3. The first-order valence-corrected chi connectivity index (χ1v) is 7.76. The summed E-state index contributed by atoms with van der Waals surface area (Å²) in [5.74, 6) is 3.81. The lowest BCUT2D eigenvalue weighted by molar-refractivity contribution is -0.125. The van der Waals surface area contributed by atoms with Gasteiger partial charge in [-0.05, 0) is 55.4 Å². The molecule has 0 bridgehead atoms. The van der Waals surface area contributed by atoms with E-state index in [0.29, 0.717) is 11.7 Å². The number of allylic oxidation sites excluding steroid dienone is 1. The van der Waals surface area contributed by atoms with Gasteiger partial charge in [-0.2, -0.15) is 0 Å². The van der Waals surface area contributed by atoms with E-state index in [9.17, 15) is 4.79 Å². The molecule has 5 atom stereocenters. The molecule has 0 radical (unpaired) electrons. The van der Waals surface area contributed by atoms with Gasteiger partial charge >= 0.3 is 0 Å². The minimum absolute atomic E-state index is 0.277. The number of carbonyl (C=O) groups is 1. The molecular weight excluding hydrogens is 220 g/mol. The van der Waals surface area contributed by atoms with Crippen molar-refractivity contribution in [3.63, 3.8) is 0 Å². The molecule has 0 saturated heterocycles. The summed E-state index contributed by atoms with van der Waals surface area (Å²) in [6, 6.07) is 0. The normalized spacial score (nSPS) is 40.1. The van der Waals surface area contributed by atoms with Crippen molar-refractivity contribution in [1.82, 2.24) is 0 Å². The SMILES string of the molecule is C=C(C)C(=O)C1CCC2C(C)CCCC2C1CC. The molecule has 5 unspecified atom stereocenters. The third-order valence-corrected chi connectivity index (χ3v) is 5.58. The highest BCUT2D eigenvalue weighted by Crippen LogP contribution is 2.50. The highest BCUT2D eigenvalue weighted by molar-refractivity contribution is 5.96. The molecule has 0 N–H and O–H groups in total. The summed E-state index contributed by atoms with van der Waals surface area (Å²) in [4.78, 5) is 12.3. The third kappa shape index (κ3) is 2.41. The van der Waals surface area contributed by atoms with Gasteiger partial charge < -0.3 is 0 Å². The number of ketones is 1. The first-order chi connectivity index (χ1) is 8.56. The Hall–Kier alpha value is -0.590. The van der Waals surface area contributed by atoms with Gasteiger partial charge in [0, 0.05) is 5.92 Å². The van der Waals surface area contributed by atoms with Crippen molar-refractivity contribution in [2.45, 2.75) is 59.3 Å². The van der Waals surface area contributed by atoms with Gasteiger partial charge in [-0.1, -0.05) is 39.7 Å². The fourth-order valence-corrected chi connectivity index (χ4v) is 4.67. The van der Waals surface area contributed by atoms with Gasteiger partial charge in [-0.15, -0.1) is 0 Å². The number of Topliss-reactive ketones (excluding diaryl/α,β-unsaturated/α-hetero) is 1. The van der Waals surface area contributed by atoms with E-state index >= 15 is 0 Å². The second-order valence-corrected chi connectivity index (χ2v) is 6.64. The van der Waals surface area contributed by atoms with Crippen LogP contribution in [0.25, 0.3) is 0 Å². The Morgan fingerprint density at radius 3 is 2.50 bits per heavy atom. The van der Waals surface area contributed by atoms with E-state index in [1.165, 1.54) is 25.7 Å². The van der Waals surface area contributed by atoms with Crippen LogP contribution in [-0.2, 0) is 4.79 Å². The predicted octanol–water partition coefficient (Wildman–Crippen LogP) is 4.62. The zero-order valence-corrected chi connectivity index (χ0v) is 12.2. The molecule has 2 aliphatic carbocycles. The molecule has 0 heterocycles. The van der Waals surface area contributed by atoms with Gasteiger partial charge in [0.25, 0.3) is 0 Å². The van der Waals surface area contributed by atoms with Crippen molar-refractivity contribution in [2.75, 3.05) is 0 Å². The Bertz CT molecular complexity index is 331. The van der Waals surface area contributed by atoms with Crippen molar-refractivity contribution < 1.29 is 4.79 Å². The minimum Gasteiger partial charge on any atom is -0.294 e. The highest BCUT2D eigenvalue weighted by atomic mass is 16.1. The van der Waals surface area contributed by atoms with Crippen molar-refractivity contribution in [2.24, 2.45) is 29.6 Å². The van der Waals surface area contributed by atoms with E-state index < -0.39 is 0 Å². The van der Waals surface area contributed by atoms with E-state index in [-0.39, 0.29) is 5.92 Å². The monoisotopic (exact) mass is 248 g/mol. The maximum Gasteiger partial charge on any atom is 0.161 e. The van der Waals surface area contributed by atoms with Crippen LogP contribution in [0.5, 0.6) is 0 Å². The van der Waals surface area contributed by atoms with Gasteiger partial charge in [0.15, 0.2) is 5.78 Å². The van der Waals surface area contributed by atoms with Crippen molar-refractivity contribution in [3.8, 4) is 0 Å². The van der Waals surface area contributed by atoms with E-state index in [0.717, 1.165) is 36.2 Å².